The van der Waals surface area contributed by atoms with E-state index in [1.165, 1.54) is 0 Å². The smallest absolute Gasteiger partial charge is 0.321 e. The molecule has 0 aliphatic carbocycles. The first-order chi connectivity index (χ1) is 8.41. The molecule has 6 N–H and O–H groups in total. The van der Waals surface area contributed by atoms with Crippen LogP contribution < -0.4 is 21.7 Å². The fourth-order valence-electron chi connectivity index (χ4n) is 0.995. The maximum absolute atomic E-state index is 11.1. The van der Waals surface area contributed by atoms with Gasteiger partial charge in [-0.25, -0.2) is 9.59 Å². The van der Waals surface area contributed by atoms with E-state index >= 15 is 0 Å². The van der Waals surface area contributed by atoms with E-state index < -0.39 is 23.9 Å². The van der Waals surface area contributed by atoms with E-state index in [-0.39, 0.29) is 32.4 Å². The Kier molecular flexibility index (Phi) is 7.66. The van der Waals surface area contributed by atoms with Gasteiger partial charge in [0.25, 0.3) is 0 Å². The molecule has 0 aromatic rings. The van der Waals surface area contributed by atoms with Crippen LogP contribution in [0.1, 0.15) is 19.3 Å². The fourth-order valence-corrected chi connectivity index (χ4v) is 0.995. The molecule has 9 heteroatoms. The summed E-state index contributed by atoms with van der Waals surface area (Å²) in [6.07, 6.45) is -0.00545. The van der Waals surface area contributed by atoms with E-state index in [0.29, 0.717) is 0 Å². The number of hydrogen-bond acceptors (Lipinski definition) is 4. The third-order valence-corrected chi connectivity index (χ3v) is 1.76. The zero-order chi connectivity index (χ0) is 14.0. The van der Waals surface area contributed by atoms with Crippen molar-refractivity contribution in [1.29, 1.82) is 0 Å². The van der Waals surface area contributed by atoms with Crippen LogP contribution in [-0.2, 0) is 9.59 Å². The molecule has 0 rings (SSSR count). The Balaban J connectivity index is 3.58. The zero-order valence-electron chi connectivity index (χ0n) is 9.69. The lowest BCUT2D eigenvalue weighted by molar-refractivity contribution is -0.137. The minimum atomic E-state index is -0.996. The molecule has 0 unspecified atom stereocenters. The van der Waals surface area contributed by atoms with E-state index in [9.17, 15) is 19.2 Å². The quantitative estimate of drug-likeness (QED) is 0.362. The highest BCUT2D eigenvalue weighted by molar-refractivity contribution is 5.94. The van der Waals surface area contributed by atoms with Gasteiger partial charge in [0.15, 0.2) is 0 Å². The summed E-state index contributed by atoms with van der Waals surface area (Å²) in [5, 5.41) is 14.9. The van der Waals surface area contributed by atoms with Crippen LogP contribution in [0.3, 0.4) is 0 Å². The van der Waals surface area contributed by atoms with Crippen LogP contribution in [0.2, 0.25) is 0 Å². The van der Waals surface area contributed by atoms with Gasteiger partial charge in [-0.15, -0.1) is 0 Å². The number of carboxylic acids is 1. The van der Waals surface area contributed by atoms with Crippen LogP contribution in [0.25, 0.3) is 0 Å². The molecule has 0 aliphatic heterocycles. The van der Waals surface area contributed by atoms with Crippen LogP contribution in [-0.4, -0.2) is 42.1 Å². The molecule has 18 heavy (non-hydrogen) atoms. The summed E-state index contributed by atoms with van der Waals surface area (Å²) in [6, 6.07) is -1.41. The highest BCUT2D eigenvalue weighted by atomic mass is 16.4. The van der Waals surface area contributed by atoms with Crippen molar-refractivity contribution in [3.05, 3.63) is 0 Å². The highest BCUT2D eigenvalue weighted by Crippen LogP contribution is 1.94. The number of nitrogens with two attached hydrogens (primary N) is 1. The molecule has 0 saturated heterocycles. The lowest BCUT2D eigenvalue weighted by Crippen LogP contribution is -2.43. The van der Waals surface area contributed by atoms with Gasteiger partial charge in [0, 0.05) is 25.9 Å². The molecule has 5 amide bonds. The van der Waals surface area contributed by atoms with Gasteiger partial charge in [-0.2, -0.15) is 0 Å². The van der Waals surface area contributed by atoms with Crippen LogP contribution in [0.4, 0.5) is 9.59 Å². The number of carbonyl (C=O) groups is 4. The first-order valence-corrected chi connectivity index (χ1v) is 5.24. The highest BCUT2D eigenvalue weighted by Gasteiger charge is 2.07. The normalized spacial score (nSPS) is 9.33. The van der Waals surface area contributed by atoms with E-state index in [2.05, 4.69) is 10.6 Å². The number of primary amides is 1. The van der Waals surface area contributed by atoms with Crippen molar-refractivity contribution in [3.8, 4) is 0 Å². The van der Waals surface area contributed by atoms with Crippen LogP contribution >= 0.6 is 0 Å². The van der Waals surface area contributed by atoms with Crippen LogP contribution in [0.5, 0.6) is 0 Å². The first kappa shape index (κ1) is 15.7. The maximum Gasteiger partial charge on any atom is 0.321 e. The van der Waals surface area contributed by atoms with Gasteiger partial charge in [-0.05, 0) is 6.42 Å². The lowest BCUT2D eigenvalue weighted by Gasteiger charge is -2.06. The number of urea groups is 2. The second-order valence-corrected chi connectivity index (χ2v) is 3.34. The van der Waals surface area contributed by atoms with E-state index in [1.54, 1.807) is 0 Å². The first-order valence-electron chi connectivity index (χ1n) is 5.24. The van der Waals surface area contributed by atoms with Crippen LogP contribution in [0.15, 0.2) is 0 Å². The maximum atomic E-state index is 11.1. The molecule has 0 heterocycles. The number of carboxylic acid groups (broad SMARTS) is 1. The van der Waals surface area contributed by atoms with E-state index in [0.717, 1.165) is 0 Å². The van der Waals surface area contributed by atoms with Crippen molar-refractivity contribution in [2.45, 2.75) is 19.3 Å². The molecule has 0 saturated carbocycles. The zero-order valence-corrected chi connectivity index (χ0v) is 9.69. The monoisotopic (exact) mass is 260 g/mol. The Labute approximate surface area is 103 Å². The summed E-state index contributed by atoms with van der Waals surface area (Å²) in [6.45, 7) is 0.271. The summed E-state index contributed by atoms with van der Waals surface area (Å²) in [5.41, 5.74) is 4.79. The molecule has 0 radical (unpaired) electrons. The summed E-state index contributed by atoms with van der Waals surface area (Å²) < 4.78 is 0. The van der Waals surface area contributed by atoms with Crippen molar-refractivity contribution < 1.29 is 24.3 Å². The predicted molar refractivity (Wildman–Crippen MR) is 60.6 cm³/mol. The third kappa shape index (κ3) is 10.2. The lowest BCUT2D eigenvalue weighted by atomic mass is 10.2. The Morgan fingerprint density at radius 1 is 1.00 bits per heavy atom. The van der Waals surface area contributed by atoms with Gasteiger partial charge in [-0.3, -0.25) is 14.9 Å². The van der Waals surface area contributed by atoms with Crippen LogP contribution in [0, 0.1) is 0 Å². The molecular weight excluding hydrogens is 244 g/mol. The predicted octanol–water partition coefficient (Wildman–Crippen LogP) is -1.26. The minimum absolute atomic E-state index is 0.0424. The largest absolute Gasteiger partial charge is 0.481 e. The number of aliphatic carboxylic acids is 1. The van der Waals surface area contributed by atoms with Crippen molar-refractivity contribution in [2.24, 2.45) is 5.73 Å². The molecule has 0 fully saturated rings. The molecule has 0 aliphatic rings. The van der Waals surface area contributed by atoms with Gasteiger partial charge < -0.3 is 21.5 Å². The van der Waals surface area contributed by atoms with Gasteiger partial charge in [0.2, 0.25) is 5.91 Å². The number of nitrogens with one attached hydrogen (secondary N) is 3. The summed E-state index contributed by atoms with van der Waals surface area (Å²) in [5.74, 6) is -1.55. The minimum Gasteiger partial charge on any atom is -0.481 e. The summed E-state index contributed by atoms with van der Waals surface area (Å²) in [4.78, 5) is 42.7. The van der Waals surface area contributed by atoms with Crippen molar-refractivity contribution in [3.63, 3.8) is 0 Å². The molecular formula is C9H16N4O5. The molecule has 0 atom stereocenters. The number of hydrogen-bond donors (Lipinski definition) is 5. The SMILES string of the molecule is NC(=O)NCCNC(=O)NC(=O)CCCC(=O)O. The second-order valence-electron chi connectivity index (χ2n) is 3.34. The average Bonchev–Trinajstić information content (AvgIpc) is 2.23. The summed E-state index contributed by atoms with van der Waals surface area (Å²) >= 11 is 0. The standard InChI is InChI=1S/C9H16N4O5/c10-8(17)11-4-5-12-9(18)13-6(14)2-1-3-7(15)16/h1-5H2,(H,15,16)(H3,10,11,17)(H2,12,13,14,18). The number of rotatable bonds is 7. The molecule has 9 nitrogen and oxygen atoms in total. The number of amides is 5. The van der Waals surface area contributed by atoms with Gasteiger partial charge in [0.05, 0.1) is 0 Å². The van der Waals surface area contributed by atoms with E-state index in [1.807, 2.05) is 5.32 Å². The van der Waals surface area contributed by atoms with Gasteiger partial charge >= 0.3 is 18.0 Å². The third-order valence-electron chi connectivity index (χ3n) is 1.76. The molecule has 0 spiro atoms. The topological polar surface area (TPSA) is 151 Å². The van der Waals surface area contributed by atoms with Gasteiger partial charge in [0.1, 0.15) is 0 Å². The Hall–Kier alpha value is -2.32. The van der Waals surface area contributed by atoms with Crippen molar-refractivity contribution in [2.75, 3.05) is 13.1 Å². The number of imide groups is 1. The van der Waals surface area contributed by atoms with Gasteiger partial charge in [-0.1, -0.05) is 0 Å². The molecule has 0 bridgehead atoms. The Morgan fingerprint density at radius 2 is 1.61 bits per heavy atom. The summed E-state index contributed by atoms with van der Waals surface area (Å²) in [7, 11) is 0. The van der Waals surface area contributed by atoms with Crippen molar-refractivity contribution >= 4 is 23.9 Å². The molecule has 0 aromatic heterocycles. The van der Waals surface area contributed by atoms with E-state index in [4.69, 9.17) is 10.8 Å². The second kappa shape index (κ2) is 8.79. The molecule has 102 valence electrons. The fraction of sp³-hybridized carbons (Fsp3) is 0.556. The molecule has 0 aromatic carbocycles. The van der Waals surface area contributed by atoms with Crippen molar-refractivity contribution in [1.82, 2.24) is 16.0 Å². The Morgan fingerprint density at radius 3 is 2.17 bits per heavy atom. The average molecular weight is 260 g/mol. The Bertz CT molecular complexity index is 331. The number of carbonyl (C=O) groups excluding carboxylic acids is 3.